The van der Waals surface area contributed by atoms with Gasteiger partial charge in [0.2, 0.25) is 0 Å². The summed E-state index contributed by atoms with van der Waals surface area (Å²) in [4.78, 5) is 18.1. The third-order valence-electron chi connectivity index (χ3n) is 5.85. The first-order valence-corrected chi connectivity index (χ1v) is 10.9. The summed E-state index contributed by atoms with van der Waals surface area (Å²) < 4.78 is 12.7. The molecular formula is C24H25N5O3. The molecule has 1 aliphatic carbocycles. The molecule has 1 aliphatic rings. The second-order valence-electron chi connectivity index (χ2n) is 8.10. The summed E-state index contributed by atoms with van der Waals surface area (Å²) in [5.74, 6) is 0.919. The number of hydrogen-bond acceptors (Lipinski definition) is 6. The molecule has 1 atom stereocenters. The van der Waals surface area contributed by atoms with E-state index in [-0.39, 0.29) is 11.9 Å². The summed E-state index contributed by atoms with van der Waals surface area (Å²) in [6.07, 6.45) is 4.06. The number of pyridine rings is 1. The summed E-state index contributed by atoms with van der Waals surface area (Å²) in [5.41, 5.74) is 4.01. The molecule has 1 N–H and O–H groups in total. The maximum atomic E-state index is 13.4. The number of ether oxygens (including phenoxy) is 1. The van der Waals surface area contributed by atoms with Gasteiger partial charge in [-0.15, -0.1) is 0 Å². The summed E-state index contributed by atoms with van der Waals surface area (Å²) >= 11 is 0. The molecule has 8 nitrogen and oxygen atoms in total. The molecule has 32 heavy (non-hydrogen) atoms. The molecule has 4 aromatic rings. The number of aryl methyl sites for hydroxylation is 1. The lowest BCUT2D eigenvalue weighted by atomic mass is 10.0. The van der Waals surface area contributed by atoms with Gasteiger partial charge in [-0.25, -0.2) is 4.98 Å². The number of carbonyl (C=O) groups is 1. The molecule has 0 saturated heterocycles. The number of nitrogens with one attached hydrogen (secondary N) is 1. The highest BCUT2D eigenvalue weighted by Gasteiger charge is 2.30. The van der Waals surface area contributed by atoms with Gasteiger partial charge in [-0.2, -0.15) is 5.10 Å². The molecule has 5 rings (SSSR count). The van der Waals surface area contributed by atoms with Crippen LogP contribution in [-0.4, -0.2) is 32.9 Å². The van der Waals surface area contributed by atoms with Crippen molar-refractivity contribution < 1.29 is 14.1 Å². The van der Waals surface area contributed by atoms with E-state index >= 15 is 0 Å². The predicted molar refractivity (Wildman–Crippen MR) is 120 cm³/mol. The zero-order valence-corrected chi connectivity index (χ0v) is 18.3. The van der Waals surface area contributed by atoms with Crippen molar-refractivity contribution in [3.63, 3.8) is 0 Å². The molecule has 1 fully saturated rings. The average Bonchev–Trinajstić information content (AvgIpc) is 3.40. The number of aromatic nitrogens is 4. The van der Waals surface area contributed by atoms with Crippen molar-refractivity contribution in [2.75, 3.05) is 7.11 Å². The first-order chi connectivity index (χ1) is 15.6. The lowest BCUT2D eigenvalue weighted by Crippen LogP contribution is -2.27. The molecule has 3 aromatic heterocycles. The lowest BCUT2D eigenvalue weighted by molar-refractivity contribution is 0.0940. The monoisotopic (exact) mass is 431 g/mol. The maximum absolute atomic E-state index is 13.4. The zero-order chi connectivity index (χ0) is 22.2. The quantitative estimate of drug-likeness (QED) is 0.463. The van der Waals surface area contributed by atoms with Gasteiger partial charge in [0.1, 0.15) is 11.4 Å². The van der Waals surface area contributed by atoms with Crippen LogP contribution < -0.4 is 10.1 Å². The first-order valence-electron chi connectivity index (χ1n) is 10.9. The molecule has 8 heteroatoms. The molecule has 1 saturated carbocycles. The highest BCUT2D eigenvalue weighted by Crippen LogP contribution is 2.41. The number of fused-ring (bicyclic) bond motifs is 1. The van der Waals surface area contributed by atoms with Crippen molar-refractivity contribution in [1.82, 2.24) is 25.2 Å². The van der Waals surface area contributed by atoms with Crippen molar-refractivity contribution in [1.29, 1.82) is 0 Å². The summed E-state index contributed by atoms with van der Waals surface area (Å²) in [6, 6.07) is 11.1. The van der Waals surface area contributed by atoms with E-state index in [2.05, 4.69) is 20.6 Å². The number of amides is 1. The van der Waals surface area contributed by atoms with Crippen LogP contribution in [0.25, 0.3) is 22.4 Å². The zero-order valence-electron chi connectivity index (χ0n) is 18.3. The Hall–Kier alpha value is -3.68. The highest BCUT2D eigenvalue weighted by molar-refractivity contribution is 6.09. The SMILES string of the molecule is CCn1ccc([C@H](C)NC(=O)c2cc(C3CC3)nc3onc(-c4ccc(OC)cc4)c23)n1. The van der Waals surface area contributed by atoms with Crippen molar-refractivity contribution in [2.24, 2.45) is 0 Å². The first kappa shape index (κ1) is 20.2. The Balaban J connectivity index is 1.54. The van der Waals surface area contributed by atoms with Gasteiger partial charge in [0.25, 0.3) is 11.6 Å². The summed E-state index contributed by atoms with van der Waals surface area (Å²) in [6.45, 7) is 4.74. The Labute approximate surface area is 185 Å². The van der Waals surface area contributed by atoms with Crippen LogP contribution in [0.3, 0.4) is 0 Å². The van der Waals surface area contributed by atoms with Gasteiger partial charge < -0.3 is 14.6 Å². The number of rotatable bonds is 7. The van der Waals surface area contributed by atoms with Gasteiger partial charge in [-0.1, -0.05) is 5.16 Å². The minimum Gasteiger partial charge on any atom is -0.497 e. The van der Waals surface area contributed by atoms with E-state index in [1.165, 1.54) is 0 Å². The Morgan fingerprint density at radius 2 is 2.06 bits per heavy atom. The van der Waals surface area contributed by atoms with Gasteiger partial charge in [-0.3, -0.25) is 9.48 Å². The van der Waals surface area contributed by atoms with Crippen molar-refractivity contribution in [2.45, 2.75) is 45.2 Å². The summed E-state index contributed by atoms with van der Waals surface area (Å²) in [5, 5.41) is 12.5. The van der Waals surface area contributed by atoms with Crippen molar-refractivity contribution in [3.8, 4) is 17.0 Å². The number of nitrogens with zero attached hydrogens (tertiary/aromatic N) is 4. The van der Waals surface area contributed by atoms with E-state index in [0.29, 0.717) is 28.3 Å². The van der Waals surface area contributed by atoms with Gasteiger partial charge in [-0.05, 0) is 63.1 Å². The smallest absolute Gasteiger partial charge is 0.259 e. The summed E-state index contributed by atoms with van der Waals surface area (Å²) in [7, 11) is 1.62. The normalized spacial score (nSPS) is 14.5. The van der Waals surface area contributed by atoms with E-state index in [4.69, 9.17) is 9.26 Å². The standard InChI is InChI=1S/C24H25N5O3/c1-4-29-12-11-19(27-29)14(2)25-23(30)18-13-20(15-5-6-15)26-24-21(18)22(28-32-24)16-7-9-17(31-3)10-8-16/h7-15H,4-6H2,1-3H3,(H,25,30)/t14-/m0/s1. The predicted octanol–water partition coefficient (Wildman–Crippen LogP) is 4.48. The molecular weight excluding hydrogens is 406 g/mol. The van der Waals surface area contributed by atoms with Crippen molar-refractivity contribution >= 4 is 17.0 Å². The Bertz CT molecular complexity index is 1270. The molecule has 0 bridgehead atoms. The van der Waals surface area contributed by atoms with Crippen LogP contribution in [0.15, 0.2) is 47.1 Å². The molecule has 0 spiro atoms. The van der Waals surface area contributed by atoms with Crippen LogP contribution in [0.5, 0.6) is 5.75 Å². The third kappa shape index (κ3) is 3.72. The molecule has 164 valence electrons. The molecule has 1 amide bonds. The van der Waals surface area contributed by atoms with Gasteiger partial charge in [0.05, 0.1) is 29.8 Å². The second kappa shape index (κ2) is 8.11. The van der Waals surface area contributed by atoms with Crippen LogP contribution in [-0.2, 0) is 6.54 Å². The number of methoxy groups -OCH3 is 1. The van der Waals surface area contributed by atoms with Crippen LogP contribution in [0, 0.1) is 0 Å². The van der Waals surface area contributed by atoms with E-state index in [9.17, 15) is 4.79 Å². The fourth-order valence-electron chi connectivity index (χ4n) is 3.82. The number of carbonyl (C=O) groups excluding carboxylic acids is 1. The van der Waals surface area contributed by atoms with Crippen molar-refractivity contribution in [3.05, 3.63) is 59.5 Å². The third-order valence-corrected chi connectivity index (χ3v) is 5.85. The highest BCUT2D eigenvalue weighted by atomic mass is 16.5. The molecule has 0 radical (unpaired) electrons. The average molecular weight is 431 g/mol. The Kier molecular flexibility index (Phi) is 5.13. The van der Waals surface area contributed by atoms with Gasteiger partial charge >= 0.3 is 0 Å². The largest absolute Gasteiger partial charge is 0.497 e. The van der Waals surface area contributed by atoms with E-state index in [0.717, 1.165) is 42.1 Å². The van der Waals surface area contributed by atoms with Crippen LogP contribution >= 0.6 is 0 Å². The number of benzene rings is 1. The fraction of sp³-hybridized carbons (Fsp3) is 0.333. The Morgan fingerprint density at radius 1 is 1.28 bits per heavy atom. The molecule has 1 aromatic carbocycles. The molecule has 0 aliphatic heterocycles. The maximum Gasteiger partial charge on any atom is 0.259 e. The van der Waals surface area contributed by atoms with Gasteiger partial charge in [0, 0.05) is 29.9 Å². The lowest BCUT2D eigenvalue weighted by Gasteiger charge is -2.13. The van der Waals surface area contributed by atoms with E-state index < -0.39 is 0 Å². The molecule has 0 unspecified atom stereocenters. The minimum atomic E-state index is -0.243. The topological polar surface area (TPSA) is 95.1 Å². The van der Waals surface area contributed by atoms with E-state index in [1.807, 2.05) is 61.1 Å². The fourth-order valence-corrected chi connectivity index (χ4v) is 3.82. The minimum absolute atomic E-state index is 0.198. The Morgan fingerprint density at radius 3 is 2.72 bits per heavy atom. The van der Waals surface area contributed by atoms with Crippen LogP contribution in [0.2, 0.25) is 0 Å². The second-order valence-corrected chi connectivity index (χ2v) is 8.10. The van der Waals surface area contributed by atoms with Crippen LogP contribution in [0.1, 0.15) is 60.4 Å². The van der Waals surface area contributed by atoms with E-state index in [1.54, 1.807) is 7.11 Å². The van der Waals surface area contributed by atoms with Crippen LogP contribution in [0.4, 0.5) is 0 Å². The van der Waals surface area contributed by atoms with Gasteiger partial charge in [0.15, 0.2) is 0 Å². The number of hydrogen-bond donors (Lipinski definition) is 1. The molecule has 3 heterocycles.